The van der Waals surface area contributed by atoms with Gasteiger partial charge in [0.05, 0.1) is 23.0 Å². The normalized spacial score (nSPS) is 12.4. The second-order valence-electron chi connectivity index (χ2n) is 6.66. The molecule has 1 heterocycles. The Morgan fingerprint density at radius 2 is 1.63 bits per heavy atom. The number of para-hydroxylation sites is 2. The number of benzene rings is 3. The molecule has 0 spiro atoms. The zero-order valence-corrected chi connectivity index (χ0v) is 16.1. The van der Waals surface area contributed by atoms with E-state index >= 15 is 0 Å². The summed E-state index contributed by atoms with van der Waals surface area (Å²) >= 11 is 1.77. The molecule has 0 aliphatic rings. The maximum atomic E-state index is 10.7. The van der Waals surface area contributed by atoms with Gasteiger partial charge in [0, 0.05) is 11.3 Å². The topological polar surface area (TPSA) is 38.1 Å². The minimum atomic E-state index is -0.567. The van der Waals surface area contributed by atoms with Gasteiger partial charge in [-0.05, 0) is 36.8 Å². The Bertz CT molecular complexity index is 1030. The van der Waals surface area contributed by atoms with Crippen LogP contribution in [0.25, 0.3) is 11.0 Å². The van der Waals surface area contributed by atoms with Gasteiger partial charge >= 0.3 is 0 Å². The summed E-state index contributed by atoms with van der Waals surface area (Å²) < 4.78 is 2.21. The molecule has 0 aliphatic heterocycles. The van der Waals surface area contributed by atoms with Crippen molar-refractivity contribution in [3.05, 3.63) is 95.8 Å². The maximum absolute atomic E-state index is 10.7. The summed E-state index contributed by atoms with van der Waals surface area (Å²) in [5.74, 6) is 1.67. The number of thioether (sulfide) groups is 1. The third-order valence-electron chi connectivity index (χ3n) is 4.68. The Morgan fingerprint density at radius 3 is 2.41 bits per heavy atom. The highest BCUT2D eigenvalue weighted by molar-refractivity contribution is 7.98. The fraction of sp³-hybridized carbons (Fsp3) is 0.174. The summed E-state index contributed by atoms with van der Waals surface area (Å²) in [7, 11) is 0. The monoisotopic (exact) mass is 374 g/mol. The molecule has 0 saturated carbocycles. The van der Waals surface area contributed by atoms with Crippen molar-refractivity contribution in [3.8, 4) is 0 Å². The molecule has 0 saturated heterocycles. The lowest BCUT2D eigenvalue weighted by Crippen LogP contribution is -2.08. The molecule has 0 amide bonds. The molecule has 0 fully saturated rings. The van der Waals surface area contributed by atoms with Crippen LogP contribution in [-0.4, -0.2) is 14.7 Å². The molecule has 0 aliphatic carbocycles. The highest BCUT2D eigenvalue weighted by Crippen LogP contribution is 2.26. The molecule has 3 aromatic carbocycles. The summed E-state index contributed by atoms with van der Waals surface area (Å²) in [4.78, 5) is 6.02. The van der Waals surface area contributed by atoms with Crippen LogP contribution in [0, 0.1) is 6.92 Å². The van der Waals surface area contributed by atoms with Crippen LogP contribution in [0.5, 0.6) is 0 Å². The van der Waals surface area contributed by atoms with Crippen LogP contribution in [0.3, 0.4) is 0 Å². The number of aliphatic hydroxyl groups is 1. The summed E-state index contributed by atoms with van der Waals surface area (Å²) in [5, 5.41) is 10.7. The Morgan fingerprint density at radius 1 is 0.926 bits per heavy atom. The number of hydrogen-bond acceptors (Lipinski definition) is 3. The van der Waals surface area contributed by atoms with Gasteiger partial charge in [-0.2, -0.15) is 0 Å². The second kappa shape index (κ2) is 7.99. The minimum absolute atomic E-state index is 0.493. The molecule has 27 heavy (non-hydrogen) atoms. The van der Waals surface area contributed by atoms with Gasteiger partial charge in [-0.15, -0.1) is 11.8 Å². The van der Waals surface area contributed by atoms with Crippen LogP contribution in [0.1, 0.15) is 23.1 Å². The Hall–Kier alpha value is -2.56. The molecule has 1 aromatic heterocycles. The van der Waals surface area contributed by atoms with E-state index in [2.05, 4.69) is 41.8 Å². The lowest BCUT2D eigenvalue weighted by Gasteiger charge is -2.13. The summed E-state index contributed by atoms with van der Waals surface area (Å²) in [6.07, 6.45) is -0.0736. The van der Waals surface area contributed by atoms with E-state index in [1.54, 1.807) is 11.8 Å². The number of rotatable bonds is 6. The Labute approximate surface area is 163 Å². The SMILES string of the molecule is Cc1ccc(C(O)Cc2nc3ccccc3n2CSc2ccccc2)cc1. The number of hydrogen-bond donors (Lipinski definition) is 1. The first-order valence-corrected chi connectivity index (χ1v) is 10.1. The molecule has 3 nitrogen and oxygen atoms in total. The molecule has 1 N–H and O–H groups in total. The van der Waals surface area contributed by atoms with Gasteiger partial charge in [0.2, 0.25) is 0 Å². The van der Waals surface area contributed by atoms with E-state index in [0.717, 1.165) is 28.3 Å². The molecule has 1 atom stereocenters. The minimum Gasteiger partial charge on any atom is -0.388 e. The molecule has 136 valence electrons. The van der Waals surface area contributed by atoms with E-state index in [4.69, 9.17) is 4.98 Å². The van der Waals surface area contributed by atoms with Crippen molar-refractivity contribution in [3.63, 3.8) is 0 Å². The smallest absolute Gasteiger partial charge is 0.113 e. The van der Waals surface area contributed by atoms with Gasteiger partial charge in [0.15, 0.2) is 0 Å². The van der Waals surface area contributed by atoms with Crippen LogP contribution in [0.2, 0.25) is 0 Å². The summed E-state index contributed by atoms with van der Waals surface area (Å²) in [6.45, 7) is 2.05. The van der Waals surface area contributed by atoms with Crippen molar-refractivity contribution in [2.45, 2.75) is 30.2 Å². The van der Waals surface area contributed by atoms with E-state index in [1.807, 2.05) is 48.5 Å². The van der Waals surface area contributed by atoms with Crippen molar-refractivity contribution in [2.24, 2.45) is 0 Å². The first-order chi connectivity index (χ1) is 13.2. The van der Waals surface area contributed by atoms with Crippen molar-refractivity contribution < 1.29 is 5.11 Å². The van der Waals surface area contributed by atoms with Crippen molar-refractivity contribution in [1.82, 2.24) is 9.55 Å². The standard InChI is InChI=1S/C23H22N2OS/c1-17-11-13-18(14-12-17)22(26)15-23-24-20-9-5-6-10-21(20)25(23)16-27-19-7-3-2-4-8-19/h2-14,22,26H,15-16H2,1H3. The van der Waals surface area contributed by atoms with E-state index in [1.165, 1.54) is 10.5 Å². The van der Waals surface area contributed by atoms with Crippen molar-refractivity contribution in [2.75, 3.05) is 0 Å². The number of aromatic nitrogens is 2. The Balaban J connectivity index is 1.62. The Kier molecular flexibility index (Phi) is 5.28. The van der Waals surface area contributed by atoms with E-state index in [-0.39, 0.29) is 0 Å². The number of aliphatic hydroxyl groups excluding tert-OH is 1. The maximum Gasteiger partial charge on any atom is 0.113 e. The van der Waals surface area contributed by atoms with Crippen LogP contribution in [-0.2, 0) is 12.3 Å². The molecule has 0 bridgehead atoms. The summed E-state index contributed by atoms with van der Waals surface area (Å²) in [6, 6.07) is 26.6. The fourth-order valence-electron chi connectivity index (χ4n) is 3.16. The third-order valence-corrected chi connectivity index (χ3v) is 5.67. The average molecular weight is 375 g/mol. The number of nitrogens with zero attached hydrogens (tertiary/aromatic N) is 2. The zero-order chi connectivity index (χ0) is 18.6. The van der Waals surface area contributed by atoms with Crippen LogP contribution in [0.4, 0.5) is 0 Å². The molecule has 1 unspecified atom stereocenters. The number of imidazole rings is 1. The van der Waals surface area contributed by atoms with Crippen molar-refractivity contribution >= 4 is 22.8 Å². The first-order valence-electron chi connectivity index (χ1n) is 9.07. The van der Waals surface area contributed by atoms with E-state index < -0.39 is 6.10 Å². The molecular weight excluding hydrogens is 352 g/mol. The molecular formula is C23H22N2OS. The number of fused-ring (bicyclic) bond motifs is 1. The lowest BCUT2D eigenvalue weighted by molar-refractivity contribution is 0.175. The van der Waals surface area contributed by atoms with Gasteiger partial charge in [0.1, 0.15) is 5.82 Å². The quantitative estimate of drug-likeness (QED) is 0.461. The fourth-order valence-corrected chi connectivity index (χ4v) is 4.08. The van der Waals surface area contributed by atoms with E-state index in [0.29, 0.717) is 6.42 Å². The molecule has 4 aromatic rings. The van der Waals surface area contributed by atoms with E-state index in [9.17, 15) is 5.11 Å². The third kappa shape index (κ3) is 4.07. The van der Waals surface area contributed by atoms with Gasteiger partial charge in [0.25, 0.3) is 0 Å². The van der Waals surface area contributed by atoms with Gasteiger partial charge in [-0.25, -0.2) is 4.98 Å². The van der Waals surface area contributed by atoms with Crippen LogP contribution < -0.4 is 0 Å². The van der Waals surface area contributed by atoms with Gasteiger partial charge in [-0.1, -0.05) is 60.2 Å². The average Bonchev–Trinajstić information content (AvgIpc) is 3.04. The predicted octanol–water partition coefficient (Wildman–Crippen LogP) is 5.37. The largest absolute Gasteiger partial charge is 0.388 e. The lowest BCUT2D eigenvalue weighted by atomic mass is 10.0. The molecule has 4 heteroatoms. The van der Waals surface area contributed by atoms with Gasteiger partial charge < -0.3 is 9.67 Å². The molecule has 0 radical (unpaired) electrons. The van der Waals surface area contributed by atoms with Crippen molar-refractivity contribution in [1.29, 1.82) is 0 Å². The molecule has 4 rings (SSSR count). The second-order valence-corrected chi connectivity index (χ2v) is 7.68. The van der Waals surface area contributed by atoms with Gasteiger partial charge in [-0.3, -0.25) is 0 Å². The number of aryl methyl sites for hydroxylation is 1. The summed E-state index contributed by atoms with van der Waals surface area (Å²) in [5.41, 5.74) is 4.19. The first kappa shape index (κ1) is 17.8. The highest BCUT2D eigenvalue weighted by atomic mass is 32.2. The zero-order valence-electron chi connectivity index (χ0n) is 15.2. The van der Waals surface area contributed by atoms with Crippen LogP contribution >= 0.6 is 11.8 Å². The predicted molar refractivity (Wildman–Crippen MR) is 112 cm³/mol. The highest BCUT2D eigenvalue weighted by Gasteiger charge is 2.16. The van der Waals surface area contributed by atoms with Crippen LogP contribution in [0.15, 0.2) is 83.8 Å².